The highest BCUT2D eigenvalue weighted by atomic mass is 16.5. The molecule has 0 bridgehead atoms. The lowest BCUT2D eigenvalue weighted by Gasteiger charge is -2.43. The summed E-state index contributed by atoms with van der Waals surface area (Å²) in [7, 11) is 1.70. The zero-order valence-electron chi connectivity index (χ0n) is 26.7. The Kier molecular flexibility index (Phi) is 7.78. The lowest BCUT2D eigenvalue weighted by molar-refractivity contribution is -0.0660. The number of hydrogen-bond acceptors (Lipinski definition) is 9. The van der Waals surface area contributed by atoms with Crippen molar-refractivity contribution in [2.75, 3.05) is 61.1 Å². The summed E-state index contributed by atoms with van der Waals surface area (Å²) in [5.41, 5.74) is 7.01. The van der Waals surface area contributed by atoms with Gasteiger partial charge in [0.05, 0.1) is 49.6 Å². The Labute approximate surface area is 273 Å². The van der Waals surface area contributed by atoms with E-state index in [0.717, 1.165) is 70.8 Å². The van der Waals surface area contributed by atoms with Gasteiger partial charge in [-0.2, -0.15) is 0 Å². The van der Waals surface area contributed by atoms with Gasteiger partial charge < -0.3 is 34.1 Å². The molecule has 1 amide bonds. The van der Waals surface area contributed by atoms with E-state index in [2.05, 4.69) is 35.7 Å². The van der Waals surface area contributed by atoms with Crippen molar-refractivity contribution in [3.8, 4) is 11.1 Å². The number of aliphatic hydroxyl groups excluding tert-OH is 1. The molecular formula is C35H40N8O4. The minimum atomic E-state index is -0.286. The number of anilines is 4. The van der Waals surface area contributed by atoms with Crippen LogP contribution in [0.5, 0.6) is 0 Å². The minimum Gasteiger partial charge on any atom is -0.392 e. The normalized spacial score (nSPS) is 18.6. The molecule has 244 valence electrons. The summed E-state index contributed by atoms with van der Waals surface area (Å²) < 4.78 is 9.04. The van der Waals surface area contributed by atoms with Crippen molar-refractivity contribution in [2.45, 2.75) is 44.9 Å². The van der Waals surface area contributed by atoms with Crippen LogP contribution in [-0.4, -0.2) is 87.0 Å². The second-order valence-electron chi connectivity index (χ2n) is 13.0. The fraction of sp³-hybridized carbons (Fsp3) is 0.429. The molecule has 4 aliphatic rings. The van der Waals surface area contributed by atoms with Gasteiger partial charge in [-0.15, -0.1) is 0 Å². The van der Waals surface area contributed by atoms with E-state index >= 15 is 0 Å². The first-order valence-corrected chi connectivity index (χ1v) is 16.6. The summed E-state index contributed by atoms with van der Waals surface area (Å²) in [4.78, 5) is 42.7. The second-order valence-corrected chi connectivity index (χ2v) is 13.0. The first kappa shape index (κ1) is 29.9. The topological polar surface area (TPSA) is 121 Å². The number of nitrogens with zero attached hydrogens (tertiary/aromatic N) is 7. The van der Waals surface area contributed by atoms with Gasteiger partial charge in [0.1, 0.15) is 17.2 Å². The van der Waals surface area contributed by atoms with Gasteiger partial charge in [0.25, 0.3) is 11.5 Å². The van der Waals surface area contributed by atoms with Gasteiger partial charge in [-0.3, -0.25) is 19.5 Å². The van der Waals surface area contributed by atoms with Gasteiger partial charge in [0.15, 0.2) is 0 Å². The molecule has 3 aliphatic heterocycles. The third kappa shape index (κ3) is 5.39. The lowest BCUT2D eigenvalue weighted by Crippen LogP contribution is -2.56. The van der Waals surface area contributed by atoms with Gasteiger partial charge in [0, 0.05) is 81.1 Å². The van der Waals surface area contributed by atoms with Crippen LogP contribution in [0.2, 0.25) is 0 Å². The number of ether oxygens (including phenoxy) is 1. The SMILES string of the molecule is Cn1cc(-c2cncc(N3CCn4c(cc5c4CCCC5)C3=O)c2CO)cc(Nc2ccc(N3CCN(C4COC4)CC3)cn2)c1=O. The number of aromatic nitrogens is 4. The fourth-order valence-corrected chi connectivity index (χ4v) is 7.50. The number of fused-ring (bicyclic) bond motifs is 3. The van der Waals surface area contributed by atoms with E-state index in [4.69, 9.17) is 4.74 Å². The number of rotatable bonds is 7. The molecule has 0 unspecified atom stereocenters. The van der Waals surface area contributed by atoms with E-state index in [1.807, 2.05) is 18.3 Å². The zero-order valence-corrected chi connectivity index (χ0v) is 26.7. The molecule has 0 aromatic carbocycles. The predicted octanol–water partition coefficient (Wildman–Crippen LogP) is 2.94. The lowest BCUT2D eigenvalue weighted by atomic mass is 9.98. The second kappa shape index (κ2) is 12.3. The maximum Gasteiger partial charge on any atom is 0.275 e. The summed E-state index contributed by atoms with van der Waals surface area (Å²) in [5.74, 6) is 0.485. The first-order chi connectivity index (χ1) is 23.0. The molecule has 0 spiro atoms. The summed E-state index contributed by atoms with van der Waals surface area (Å²) in [5, 5.41) is 13.9. The summed E-state index contributed by atoms with van der Waals surface area (Å²) in [6.07, 6.45) is 11.2. The molecule has 12 nitrogen and oxygen atoms in total. The van der Waals surface area contributed by atoms with Crippen molar-refractivity contribution in [3.63, 3.8) is 0 Å². The van der Waals surface area contributed by atoms with Crippen LogP contribution in [0.25, 0.3) is 11.1 Å². The number of aryl methyl sites for hydroxylation is 2. The smallest absolute Gasteiger partial charge is 0.275 e. The van der Waals surface area contributed by atoms with E-state index < -0.39 is 0 Å². The molecule has 8 rings (SSSR count). The van der Waals surface area contributed by atoms with E-state index in [0.29, 0.717) is 58.7 Å². The molecule has 2 fully saturated rings. The molecule has 7 heterocycles. The Balaban J connectivity index is 1.04. The van der Waals surface area contributed by atoms with Gasteiger partial charge >= 0.3 is 0 Å². The van der Waals surface area contributed by atoms with Crippen molar-refractivity contribution in [1.82, 2.24) is 24.0 Å². The molecule has 4 aromatic rings. The molecule has 0 radical (unpaired) electrons. The van der Waals surface area contributed by atoms with Crippen LogP contribution in [0.15, 0.2) is 53.8 Å². The Hall–Kier alpha value is -4.52. The number of nitrogens with one attached hydrogen (secondary N) is 1. The molecule has 2 saturated heterocycles. The van der Waals surface area contributed by atoms with Gasteiger partial charge in [-0.25, -0.2) is 4.98 Å². The third-order valence-corrected chi connectivity index (χ3v) is 10.2. The van der Waals surface area contributed by atoms with Crippen LogP contribution in [0.3, 0.4) is 0 Å². The first-order valence-electron chi connectivity index (χ1n) is 16.6. The van der Waals surface area contributed by atoms with Crippen LogP contribution in [0.1, 0.15) is 40.2 Å². The summed E-state index contributed by atoms with van der Waals surface area (Å²) >= 11 is 0. The zero-order chi connectivity index (χ0) is 32.1. The fourth-order valence-electron chi connectivity index (χ4n) is 7.50. The number of pyridine rings is 3. The summed E-state index contributed by atoms with van der Waals surface area (Å²) in [6, 6.07) is 8.29. The average molecular weight is 637 g/mol. The Bertz CT molecular complexity index is 1870. The molecule has 0 saturated carbocycles. The number of hydrogen-bond donors (Lipinski definition) is 2. The number of aliphatic hydroxyl groups is 1. The van der Waals surface area contributed by atoms with Crippen molar-refractivity contribution < 1.29 is 14.6 Å². The maximum atomic E-state index is 13.8. The Morgan fingerprint density at radius 1 is 0.979 bits per heavy atom. The van der Waals surface area contributed by atoms with Gasteiger partial charge in [0.2, 0.25) is 0 Å². The van der Waals surface area contributed by atoms with E-state index in [9.17, 15) is 14.7 Å². The maximum absolute atomic E-state index is 13.8. The monoisotopic (exact) mass is 636 g/mol. The molecule has 47 heavy (non-hydrogen) atoms. The number of amides is 1. The average Bonchev–Trinajstić information content (AvgIpc) is 3.46. The van der Waals surface area contributed by atoms with Crippen molar-refractivity contribution >= 4 is 28.8 Å². The van der Waals surface area contributed by atoms with Crippen LogP contribution >= 0.6 is 0 Å². The molecule has 12 heteroatoms. The molecule has 4 aromatic heterocycles. The largest absolute Gasteiger partial charge is 0.392 e. The highest BCUT2D eigenvalue weighted by Crippen LogP contribution is 2.35. The van der Waals surface area contributed by atoms with E-state index in [-0.39, 0.29) is 18.1 Å². The molecular weight excluding hydrogens is 596 g/mol. The van der Waals surface area contributed by atoms with E-state index in [1.165, 1.54) is 15.8 Å². The molecule has 2 N–H and O–H groups in total. The standard InChI is InChI=1S/C35H40N8O4/c1-39-19-24(14-29(34(39)45)38-33-7-6-25(16-37-33)40-8-10-41(11-9-40)26-21-47-22-26)27-17-36-18-32(28(27)20-44)43-13-12-42-30-5-3-2-4-23(30)15-31(42)35(43)46/h6-7,14-19,26,44H,2-5,8-13,20-22H2,1H3,(H,37,38). The van der Waals surface area contributed by atoms with Gasteiger partial charge in [-0.05, 0) is 55.5 Å². The van der Waals surface area contributed by atoms with Crippen molar-refractivity contribution in [2.24, 2.45) is 7.05 Å². The van der Waals surface area contributed by atoms with Crippen LogP contribution < -0.4 is 20.7 Å². The van der Waals surface area contributed by atoms with E-state index in [1.54, 1.807) is 36.6 Å². The highest BCUT2D eigenvalue weighted by molar-refractivity contribution is 6.07. The summed E-state index contributed by atoms with van der Waals surface area (Å²) in [6.45, 7) is 6.47. The van der Waals surface area contributed by atoms with Crippen LogP contribution in [0, 0.1) is 0 Å². The van der Waals surface area contributed by atoms with Crippen molar-refractivity contribution in [3.05, 3.63) is 81.9 Å². The van der Waals surface area contributed by atoms with Crippen LogP contribution in [-0.2, 0) is 37.8 Å². The number of piperazine rings is 1. The quantitative estimate of drug-likeness (QED) is 0.316. The highest BCUT2D eigenvalue weighted by Gasteiger charge is 2.32. The minimum absolute atomic E-state index is 0.0773. The third-order valence-electron chi connectivity index (χ3n) is 10.2. The van der Waals surface area contributed by atoms with Gasteiger partial charge in [-0.1, -0.05) is 0 Å². The number of carbonyl (C=O) groups is 1. The predicted molar refractivity (Wildman–Crippen MR) is 179 cm³/mol. The molecule has 1 aliphatic carbocycles. The Morgan fingerprint density at radius 3 is 2.55 bits per heavy atom. The molecule has 0 atom stereocenters. The van der Waals surface area contributed by atoms with Crippen molar-refractivity contribution in [1.29, 1.82) is 0 Å². The van der Waals surface area contributed by atoms with Crippen LogP contribution in [0.4, 0.5) is 22.9 Å². The number of carbonyl (C=O) groups excluding carboxylic acids is 1. The Morgan fingerprint density at radius 2 is 1.81 bits per heavy atom.